The number of nitrogens with one attached hydrogen (secondary N) is 1. The molecule has 0 atom stereocenters. The number of benzene rings is 1. The van der Waals surface area contributed by atoms with Gasteiger partial charge in [0.2, 0.25) is 0 Å². The fourth-order valence-corrected chi connectivity index (χ4v) is 2.47. The Labute approximate surface area is 117 Å². The summed E-state index contributed by atoms with van der Waals surface area (Å²) in [5, 5.41) is 13.6. The molecule has 2 rings (SSSR count). The van der Waals surface area contributed by atoms with Crippen molar-refractivity contribution in [2.24, 2.45) is 0 Å². The van der Waals surface area contributed by atoms with E-state index in [-0.39, 0.29) is 0 Å². The van der Waals surface area contributed by atoms with Gasteiger partial charge in [0.1, 0.15) is 18.0 Å². The molecule has 0 saturated carbocycles. The Morgan fingerprint density at radius 3 is 2.39 bits per heavy atom. The molecule has 0 amide bonds. The van der Waals surface area contributed by atoms with Crippen molar-refractivity contribution in [3.8, 4) is 5.75 Å². The van der Waals surface area contributed by atoms with E-state index in [1.165, 1.54) is 0 Å². The van der Waals surface area contributed by atoms with Crippen LogP contribution in [-0.2, 0) is 0 Å². The van der Waals surface area contributed by atoms with E-state index in [1.807, 2.05) is 26.0 Å². The van der Waals surface area contributed by atoms with Gasteiger partial charge in [-0.3, -0.25) is 0 Å². The standard InChI is InChI=1S/C14H20BrNO2/c1-10-7-12(8-11(2)13(10)15)18-9-14(17)3-5-16-6-4-14/h7-8,16-17H,3-6,9H2,1-2H3. The van der Waals surface area contributed by atoms with Gasteiger partial charge in [0.25, 0.3) is 0 Å². The van der Waals surface area contributed by atoms with E-state index in [4.69, 9.17) is 4.74 Å². The second-order valence-electron chi connectivity index (χ2n) is 5.13. The molecule has 0 spiro atoms. The van der Waals surface area contributed by atoms with Crippen LogP contribution in [0.1, 0.15) is 24.0 Å². The molecule has 1 heterocycles. The van der Waals surface area contributed by atoms with E-state index in [0.717, 1.165) is 47.3 Å². The number of rotatable bonds is 3. The fourth-order valence-electron chi connectivity index (χ4n) is 2.24. The quantitative estimate of drug-likeness (QED) is 0.901. The number of aliphatic hydroxyl groups is 1. The van der Waals surface area contributed by atoms with E-state index in [9.17, 15) is 5.11 Å². The monoisotopic (exact) mass is 313 g/mol. The van der Waals surface area contributed by atoms with Gasteiger partial charge in [0.15, 0.2) is 0 Å². The lowest BCUT2D eigenvalue weighted by molar-refractivity contribution is -0.0286. The van der Waals surface area contributed by atoms with Gasteiger partial charge in [0, 0.05) is 4.47 Å². The third-order valence-corrected chi connectivity index (χ3v) is 4.70. The minimum atomic E-state index is -0.680. The van der Waals surface area contributed by atoms with Crippen LogP contribution >= 0.6 is 15.9 Å². The number of hydrogen-bond acceptors (Lipinski definition) is 3. The number of aryl methyl sites for hydroxylation is 2. The predicted octanol–water partition coefficient (Wildman–Crippen LogP) is 2.56. The summed E-state index contributed by atoms with van der Waals surface area (Å²) in [6, 6.07) is 4.00. The summed E-state index contributed by atoms with van der Waals surface area (Å²) in [6.45, 7) is 6.18. The van der Waals surface area contributed by atoms with Crippen molar-refractivity contribution < 1.29 is 9.84 Å². The molecule has 100 valence electrons. The molecule has 18 heavy (non-hydrogen) atoms. The summed E-state index contributed by atoms with van der Waals surface area (Å²) < 4.78 is 6.89. The lowest BCUT2D eigenvalue weighted by Crippen LogP contribution is -2.45. The fraction of sp³-hybridized carbons (Fsp3) is 0.571. The van der Waals surface area contributed by atoms with Crippen molar-refractivity contribution in [1.29, 1.82) is 0 Å². The van der Waals surface area contributed by atoms with Crippen LogP contribution in [0.3, 0.4) is 0 Å². The van der Waals surface area contributed by atoms with Gasteiger partial charge in [-0.1, -0.05) is 15.9 Å². The van der Waals surface area contributed by atoms with E-state index < -0.39 is 5.60 Å². The van der Waals surface area contributed by atoms with Crippen LogP contribution in [0.5, 0.6) is 5.75 Å². The van der Waals surface area contributed by atoms with Crippen molar-refractivity contribution in [2.75, 3.05) is 19.7 Å². The number of ether oxygens (including phenoxy) is 1. The van der Waals surface area contributed by atoms with E-state index in [0.29, 0.717) is 6.61 Å². The largest absolute Gasteiger partial charge is 0.491 e. The molecule has 1 aromatic carbocycles. The molecule has 1 fully saturated rings. The first-order valence-corrected chi connectivity index (χ1v) is 7.12. The molecule has 1 aliphatic rings. The molecule has 3 nitrogen and oxygen atoms in total. The molecule has 1 saturated heterocycles. The zero-order valence-corrected chi connectivity index (χ0v) is 12.5. The molecule has 4 heteroatoms. The van der Waals surface area contributed by atoms with Gasteiger partial charge >= 0.3 is 0 Å². The Bertz CT molecular complexity index is 405. The molecular formula is C14H20BrNO2. The first-order chi connectivity index (χ1) is 8.50. The van der Waals surface area contributed by atoms with Gasteiger partial charge in [-0.25, -0.2) is 0 Å². The zero-order valence-electron chi connectivity index (χ0n) is 10.9. The van der Waals surface area contributed by atoms with Crippen LogP contribution in [0.25, 0.3) is 0 Å². The van der Waals surface area contributed by atoms with Crippen LogP contribution in [0, 0.1) is 13.8 Å². The average Bonchev–Trinajstić information content (AvgIpc) is 2.34. The van der Waals surface area contributed by atoms with Crippen LogP contribution < -0.4 is 10.1 Å². The Morgan fingerprint density at radius 1 is 1.28 bits per heavy atom. The van der Waals surface area contributed by atoms with Gasteiger partial charge in [0.05, 0.1) is 0 Å². The van der Waals surface area contributed by atoms with Gasteiger partial charge in [-0.15, -0.1) is 0 Å². The SMILES string of the molecule is Cc1cc(OCC2(O)CCNCC2)cc(C)c1Br. The minimum Gasteiger partial charge on any atom is -0.491 e. The molecule has 2 N–H and O–H groups in total. The maximum absolute atomic E-state index is 10.4. The van der Waals surface area contributed by atoms with Crippen molar-refractivity contribution in [3.05, 3.63) is 27.7 Å². The molecule has 0 aliphatic carbocycles. The smallest absolute Gasteiger partial charge is 0.120 e. The Hall–Kier alpha value is -0.580. The van der Waals surface area contributed by atoms with Crippen molar-refractivity contribution in [2.45, 2.75) is 32.3 Å². The average molecular weight is 314 g/mol. The van der Waals surface area contributed by atoms with Crippen molar-refractivity contribution in [1.82, 2.24) is 5.32 Å². The Kier molecular flexibility index (Phi) is 4.30. The molecular weight excluding hydrogens is 294 g/mol. The summed E-state index contributed by atoms with van der Waals surface area (Å²) in [5.41, 5.74) is 1.63. The van der Waals surface area contributed by atoms with E-state index >= 15 is 0 Å². The summed E-state index contributed by atoms with van der Waals surface area (Å²) in [6.07, 6.45) is 1.50. The maximum Gasteiger partial charge on any atom is 0.120 e. The molecule has 0 bridgehead atoms. The number of halogens is 1. The second kappa shape index (κ2) is 5.59. The van der Waals surface area contributed by atoms with Crippen LogP contribution in [0.4, 0.5) is 0 Å². The first kappa shape index (κ1) is 13.8. The highest BCUT2D eigenvalue weighted by Crippen LogP contribution is 2.27. The highest BCUT2D eigenvalue weighted by molar-refractivity contribution is 9.10. The number of piperidine rings is 1. The minimum absolute atomic E-state index is 0.370. The highest BCUT2D eigenvalue weighted by atomic mass is 79.9. The Morgan fingerprint density at radius 2 is 1.83 bits per heavy atom. The van der Waals surface area contributed by atoms with Gasteiger partial charge in [-0.2, -0.15) is 0 Å². The Balaban J connectivity index is 2.01. The van der Waals surface area contributed by atoms with Crippen LogP contribution in [0.2, 0.25) is 0 Å². The lowest BCUT2D eigenvalue weighted by atomic mass is 9.93. The summed E-state index contributed by atoms with van der Waals surface area (Å²) in [7, 11) is 0. The van der Waals surface area contributed by atoms with E-state index in [1.54, 1.807) is 0 Å². The van der Waals surface area contributed by atoms with Crippen molar-refractivity contribution in [3.63, 3.8) is 0 Å². The topological polar surface area (TPSA) is 41.5 Å². The van der Waals surface area contributed by atoms with Crippen LogP contribution in [0.15, 0.2) is 16.6 Å². The third kappa shape index (κ3) is 3.25. The van der Waals surface area contributed by atoms with Gasteiger partial charge in [-0.05, 0) is 63.0 Å². The predicted molar refractivity (Wildman–Crippen MR) is 76.2 cm³/mol. The number of hydrogen-bond donors (Lipinski definition) is 2. The normalized spacial score (nSPS) is 18.7. The second-order valence-corrected chi connectivity index (χ2v) is 5.93. The third-order valence-electron chi connectivity index (χ3n) is 3.45. The van der Waals surface area contributed by atoms with Crippen molar-refractivity contribution >= 4 is 15.9 Å². The highest BCUT2D eigenvalue weighted by Gasteiger charge is 2.29. The summed E-state index contributed by atoms with van der Waals surface area (Å²) >= 11 is 3.54. The van der Waals surface area contributed by atoms with Gasteiger partial charge < -0.3 is 15.2 Å². The molecule has 0 aromatic heterocycles. The molecule has 0 unspecified atom stereocenters. The molecule has 1 aliphatic heterocycles. The molecule has 1 aromatic rings. The first-order valence-electron chi connectivity index (χ1n) is 6.33. The summed E-state index contributed by atoms with van der Waals surface area (Å²) in [5.74, 6) is 0.833. The zero-order chi connectivity index (χ0) is 13.2. The summed E-state index contributed by atoms with van der Waals surface area (Å²) in [4.78, 5) is 0. The lowest BCUT2D eigenvalue weighted by Gasteiger charge is -2.32. The van der Waals surface area contributed by atoms with Crippen LogP contribution in [-0.4, -0.2) is 30.4 Å². The maximum atomic E-state index is 10.4. The molecule has 0 radical (unpaired) electrons. The van der Waals surface area contributed by atoms with E-state index in [2.05, 4.69) is 21.2 Å².